The Morgan fingerprint density at radius 1 is 1.15 bits per heavy atom. The Kier molecular flexibility index (Phi) is 4.94. The van der Waals surface area contributed by atoms with E-state index in [1.54, 1.807) is 13.0 Å². The minimum Gasteiger partial charge on any atom is -0.496 e. The van der Waals surface area contributed by atoms with Crippen molar-refractivity contribution in [2.24, 2.45) is 0 Å². The molecule has 0 aromatic heterocycles. The number of carbonyl (C=O) groups is 3. The smallest absolute Gasteiger partial charge is 0.325 e. The summed E-state index contributed by atoms with van der Waals surface area (Å²) in [6, 6.07) is 11.6. The Morgan fingerprint density at radius 2 is 1.81 bits per heavy atom. The van der Waals surface area contributed by atoms with E-state index in [0.717, 1.165) is 22.6 Å². The molecule has 1 saturated heterocycles. The van der Waals surface area contributed by atoms with Gasteiger partial charge in [-0.25, -0.2) is 9.18 Å². The highest BCUT2D eigenvalue weighted by Gasteiger charge is 2.48. The van der Waals surface area contributed by atoms with Crippen LogP contribution in [0, 0.1) is 5.82 Å². The molecule has 3 rings (SSSR count). The van der Waals surface area contributed by atoms with Crippen molar-refractivity contribution in [3.8, 4) is 5.75 Å². The standard InChI is InChI=1S/C20H19FN2O4/c1-20(11-14-5-3-4-6-17(14)27-2)18(25)23(19(26)22-20)12-16(24)13-7-9-15(21)10-8-13/h3-10H,11-12H2,1-2H3,(H,22,26)/t20-/m0/s1. The van der Waals surface area contributed by atoms with Gasteiger partial charge in [0.1, 0.15) is 17.1 Å². The summed E-state index contributed by atoms with van der Waals surface area (Å²) in [5.41, 5.74) is -0.187. The molecule has 1 atom stereocenters. The molecule has 0 radical (unpaired) electrons. The highest BCUT2D eigenvalue weighted by atomic mass is 19.1. The summed E-state index contributed by atoms with van der Waals surface area (Å²) in [6.45, 7) is 1.21. The number of rotatable bonds is 6. The molecule has 0 saturated carbocycles. The van der Waals surface area contributed by atoms with Gasteiger partial charge in [-0.1, -0.05) is 18.2 Å². The van der Waals surface area contributed by atoms with Gasteiger partial charge in [0.25, 0.3) is 5.91 Å². The number of carbonyl (C=O) groups excluding carboxylic acids is 3. The number of ether oxygens (including phenoxy) is 1. The van der Waals surface area contributed by atoms with E-state index in [4.69, 9.17) is 4.74 Å². The number of halogens is 1. The molecule has 0 unspecified atom stereocenters. The van der Waals surface area contributed by atoms with Crippen LogP contribution in [-0.2, 0) is 11.2 Å². The fraction of sp³-hybridized carbons (Fsp3) is 0.250. The largest absolute Gasteiger partial charge is 0.496 e. The van der Waals surface area contributed by atoms with Crippen molar-refractivity contribution in [2.45, 2.75) is 18.9 Å². The van der Waals surface area contributed by atoms with E-state index < -0.39 is 35.6 Å². The number of urea groups is 1. The Morgan fingerprint density at radius 3 is 2.48 bits per heavy atom. The van der Waals surface area contributed by atoms with Crippen LogP contribution in [0.3, 0.4) is 0 Å². The summed E-state index contributed by atoms with van der Waals surface area (Å²) in [6.07, 6.45) is 0.225. The molecule has 1 N–H and O–H groups in total. The van der Waals surface area contributed by atoms with E-state index in [-0.39, 0.29) is 12.0 Å². The number of imide groups is 1. The third-order valence-electron chi connectivity index (χ3n) is 4.55. The normalized spacial score (nSPS) is 19.1. The summed E-state index contributed by atoms with van der Waals surface area (Å²) < 4.78 is 18.3. The van der Waals surface area contributed by atoms with Crippen LogP contribution in [-0.4, -0.2) is 41.8 Å². The molecule has 1 aliphatic heterocycles. The summed E-state index contributed by atoms with van der Waals surface area (Å²) >= 11 is 0. The lowest BCUT2D eigenvalue weighted by Gasteiger charge is -2.22. The van der Waals surface area contributed by atoms with Crippen molar-refractivity contribution in [2.75, 3.05) is 13.7 Å². The maximum Gasteiger partial charge on any atom is 0.325 e. The van der Waals surface area contributed by atoms with Crippen LogP contribution in [0.25, 0.3) is 0 Å². The van der Waals surface area contributed by atoms with Gasteiger partial charge in [-0.2, -0.15) is 0 Å². The van der Waals surface area contributed by atoms with Crippen molar-refractivity contribution in [3.63, 3.8) is 0 Å². The minimum atomic E-state index is -1.19. The topological polar surface area (TPSA) is 75.7 Å². The molecule has 7 heteroatoms. The first-order valence-corrected chi connectivity index (χ1v) is 8.39. The third-order valence-corrected chi connectivity index (χ3v) is 4.55. The number of methoxy groups -OCH3 is 1. The SMILES string of the molecule is COc1ccccc1C[C@]1(C)NC(=O)N(CC(=O)c2ccc(F)cc2)C1=O. The fourth-order valence-electron chi connectivity index (χ4n) is 3.11. The molecule has 0 spiro atoms. The molecule has 6 nitrogen and oxygen atoms in total. The first-order valence-electron chi connectivity index (χ1n) is 8.39. The van der Waals surface area contributed by atoms with Crippen molar-refractivity contribution in [1.82, 2.24) is 10.2 Å². The van der Waals surface area contributed by atoms with Crippen molar-refractivity contribution in [3.05, 3.63) is 65.5 Å². The molecule has 1 aliphatic rings. The first kappa shape index (κ1) is 18.6. The van der Waals surface area contributed by atoms with Crippen LogP contribution >= 0.6 is 0 Å². The molecular weight excluding hydrogens is 351 g/mol. The number of Topliss-reactive ketones (excluding diaryl/α,β-unsaturated/α-hetero) is 1. The number of nitrogens with zero attached hydrogens (tertiary/aromatic N) is 1. The Labute approximate surface area is 155 Å². The zero-order valence-electron chi connectivity index (χ0n) is 15.0. The van der Waals surface area contributed by atoms with E-state index in [1.807, 2.05) is 18.2 Å². The van der Waals surface area contributed by atoms with Gasteiger partial charge in [-0.05, 0) is 42.8 Å². The van der Waals surface area contributed by atoms with Gasteiger partial charge in [-0.3, -0.25) is 14.5 Å². The molecule has 140 valence electrons. The Bertz CT molecular complexity index is 897. The van der Waals surface area contributed by atoms with Gasteiger partial charge in [0.15, 0.2) is 5.78 Å². The quantitative estimate of drug-likeness (QED) is 0.626. The second kappa shape index (κ2) is 7.19. The molecule has 3 amide bonds. The van der Waals surface area contributed by atoms with E-state index in [2.05, 4.69) is 5.32 Å². The Hall–Kier alpha value is -3.22. The van der Waals surface area contributed by atoms with Crippen LogP contribution in [0.5, 0.6) is 5.75 Å². The van der Waals surface area contributed by atoms with Crippen LogP contribution in [0.1, 0.15) is 22.8 Å². The lowest BCUT2D eigenvalue weighted by molar-refractivity contribution is -0.130. The third kappa shape index (κ3) is 3.67. The zero-order valence-corrected chi connectivity index (χ0v) is 15.0. The van der Waals surface area contributed by atoms with Crippen LogP contribution in [0.4, 0.5) is 9.18 Å². The van der Waals surface area contributed by atoms with Crippen LogP contribution < -0.4 is 10.1 Å². The van der Waals surface area contributed by atoms with Crippen LogP contribution in [0.15, 0.2) is 48.5 Å². The highest BCUT2D eigenvalue weighted by molar-refractivity contribution is 6.11. The maximum atomic E-state index is 13.0. The lowest BCUT2D eigenvalue weighted by atomic mass is 9.92. The maximum absolute atomic E-state index is 13.0. The number of amides is 3. The van der Waals surface area contributed by atoms with Gasteiger partial charge in [0.2, 0.25) is 0 Å². The molecule has 2 aromatic rings. The van der Waals surface area contributed by atoms with Gasteiger partial charge in [0, 0.05) is 12.0 Å². The number of hydrogen-bond acceptors (Lipinski definition) is 4. The Balaban J connectivity index is 1.77. The molecule has 1 fully saturated rings. The van der Waals surface area contributed by atoms with Crippen molar-refractivity contribution in [1.29, 1.82) is 0 Å². The summed E-state index contributed by atoms with van der Waals surface area (Å²) in [5, 5.41) is 2.67. The van der Waals surface area contributed by atoms with E-state index >= 15 is 0 Å². The predicted molar refractivity (Wildman–Crippen MR) is 96.1 cm³/mol. The second-order valence-corrected chi connectivity index (χ2v) is 6.57. The molecule has 2 aromatic carbocycles. The van der Waals surface area contributed by atoms with Gasteiger partial charge < -0.3 is 10.1 Å². The second-order valence-electron chi connectivity index (χ2n) is 6.57. The molecule has 27 heavy (non-hydrogen) atoms. The van der Waals surface area contributed by atoms with E-state index in [9.17, 15) is 18.8 Å². The van der Waals surface area contributed by atoms with Gasteiger partial charge in [0.05, 0.1) is 13.7 Å². The first-order chi connectivity index (χ1) is 12.8. The molecular formula is C20H19FN2O4. The van der Waals surface area contributed by atoms with Crippen molar-refractivity contribution < 1.29 is 23.5 Å². The predicted octanol–water partition coefficient (Wildman–Crippen LogP) is 2.57. The lowest BCUT2D eigenvalue weighted by Crippen LogP contribution is -2.46. The molecule has 0 bridgehead atoms. The number of benzene rings is 2. The summed E-state index contributed by atoms with van der Waals surface area (Å²) in [7, 11) is 1.53. The van der Waals surface area contributed by atoms with Crippen LogP contribution in [0.2, 0.25) is 0 Å². The van der Waals surface area contributed by atoms with E-state index in [0.29, 0.717) is 5.75 Å². The summed E-state index contributed by atoms with van der Waals surface area (Å²) in [5.74, 6) is -0.790. The average molecular weight is 370 g/mol. The fourth-order valence-corrected chi connectivity index (χ4v) is 3.11. The number of ketones is 1. The minimum absolute atomic E-state index is 0.225. The van der Waals surface area contributed by atoms with Gasteiger partial charge >= 0.3 is 6.03 Å². The average Bonchev–Trinajstić information content (AvgIpc) is 2.85. The molecule has 1 heterocycles. The number of para-hydroxylation sites is 1. The highest BCUT2D eigenvalue weighted by Crippen LogP contribution is 2.27. The molecule has 0 aliphatic carbocycles. The van der Waals surface area contributed by atoms with E-state index in [1.165, 1.54) is 19.2 Å². The number of nitrogens with one attached hydrogen (secondary N) is 1. The monoisotopic (exact) mass is 370 g/mol. The number of hydrogen-bond donors (Lipinski definition) is 1. The zero-order chi connectivity index (χ0) is 19.6. The summed E-state index contributed by atoms with van der Waals surface area (Å²) in [4.78, 5) is 38.4. The van der Waals surface area contributed by atoms with Gasteiger partial charge in [-0.15, -0.1) is 0 Å². The van der Waals surface area contributed by atoms with Crippen molar-refractivity contribution >= 4 is 17.7 Å².